The number of anilines is 1. The lowest BCUT2D eigenvalue weighted by molar-refractivity contribution is -0.137. The minimum absolute atomic E-state index is 0.122. The normalized spacial score (nSPS) is 14.2. The van der Waals surface area contributed by atoms with Crippen LogP contribution in [-0.4, -0.2) is 36.0 Å². The number of amides is 2. The molecule has 2 aromatic rings. The molecule has 3 rings (SSSR count). The van der Waals surface area contributed by atoms with Gasteiger partial charge in [0, 0.05) is 18.8 Å². The number of hydrogen-bond donors (Lipinski definition) is 1. The average molecular weight is 421 g/mol. The molecule has 2 aromatic carbocycles. The van der Waals surface area contributed by atoms with Crippen LogP contribution in [0, 0.1) is 13.8 Å². The largest absolute Gasteiger partial charge is 0.379 e. The Morgan fingerprint density at radius 3 is 2.32 bits per heavy atom. The zero-order chi connectivity index (χ0) is 22.5. The molecule has 31 heavy (non-hydrogen) atoms. The Bertz CT molecular complexity index is 990. The number of ether oxygens (including phenoxy) is 1. The highest BCUT2D eigenvalue weighted by molar-refractivity contribution is 6.36. The molecule has 1 heterocycles. The van der Waals surface area contributed by atoms with Crippen molar-refractivity contribution in [1.29, 1.82) is 0 Å². The number of hydrogen-bond acceptors (Lipinski definition) is 4. The first-order chi connectivity index (χ1) is 14.8. The summed E-state index contributed by atoms with van der Waals surface area (Å²) in [6.45, 7) is 10.9. The Balaban J connectivity index is 1.93. The highest BCUT2D eigenvalue weighted by Crippen LogP contribution is 2.32. The third-order valence-electron chi connectivity index (χ3n) is 5.43. The van der Waals surface area contributed by atoms with Gasteiger partial charge >= 0.3 is 0 Å². The van der Waals surface area contributed by atoms with Crippen LogP contribution in [0.4, 0.5) is 5.69 Å². The Morgan fingerprint density at radius 2 is 1.71 bits per heavy atom. The van der Waals surface area contributed by atoms with Crippen LogP contribution >= 0.6 is 0 Å². The van der Waals surface area contributed by atoms with Crippen LogP contribution in [0.25, 0.3) is 5.57 Å². The van der Waals surface area contributed by atoms with Crippen molar-refractivity contribution in [1.82, 2.24) is 4.90 Å². The second kappa shape index (κ2) is 9.92. The van der Waals surface area contributed by atoms with Crippen molar-refractivity contribution in [2.75, 3.05) is 18.5 Å². The van der Waals surface area contributed by atoms with E-state index in [2.05, 4.69) is 12.2 Å². The first kappa shape index (κ1) is 22.8. The molecule has 2 amide bonds. The number of rotatable bonds is 9. The summed E-state index contributed by atoms with van der Waals surface area (Å²) in [6.07, 6.45) is 1.67. The first-order valence-electron chi connectivity index (χ1n) is 11.0. The summed E-state index contributed by atoms with van der Waals surface area (Å²) >= 11 is 0. The van der Waals surface area contributed by atoms with Gasteiger partial charge in [0.05, 0.1) is 11.7 Å². The zero-order valence-corrected chi connectivity index (χ0v) is 19.1. The van der Waals surface area contributed by atoms with E-state index in [9.17, 15) is 9.59 Å². The van der Waals surface area contributed by atoms with Gasteiger partial charge in [0.1, 0.15) is 5.70 Å². The Hall–Kier alpha value is -2.92. The van der Waals surface area contributed by atoms with E-state index in [0.717, 1.165) is 28.8 Å². The molecular weight excluding hydrogens is 388 g/mol. The molecule has 5 nitrogen and oxygen atoms in total. The van der Waals surface area contributed by atoms with E-state index in [4.69, 9.17) is 4.74 Å². The fraction of sp³-hybridized carbons (Fsp3) is 0.385. The second-order valence-corrected chi connectivity index (χ2v) is 8.28. The molecule has 1 aliphatic heterocycles. The molecule has 1 N–H and O–H groups in total. The van der Waals surface area contributed by atoms with Crippen LogP contribution in [0.5, 0.6) is 0 Å². The van der Waals surface area contributed by atoms with Gasteiger partial charge in [-0.25, -0.2) is 0 Å². The van der Waals surface area contributed by atoms with Crippen molar-refractivity contribution < 1.29 is 14.3 Å². The maximum atomic E-state index is 13.3. The van der Waals surface area contributed by atoms with Gasteiger partial charge in [0.2, 0.25) is 0 Å². The molecule has 0 saturated carbocycles. The average Bonchev–Trinajstić information content (AvgIpc) is 2.96. The molecule has 0 atom stereocenters. The van der Waals surface area contributed by atoms with Gasteiger partial charge in [-0.3, -0.25) is 14.5 Å². The monoisotopic (exact) mass is 420 g/mol. The van der Waals surface area contributed by atoms with E-state index >= 15 is 0 Å². The minimum atomic E-state index is -0.288. The summed E-state index contributed by atoms with van der Waals surface area (Å²) in [5.74, 6) is -0.543. The van der Waals surface area contributed by atoms with Crippen molar-refractivity contribution in [3.05, 3.63) is 70.4 Å². The van der Waals surface area contributed by atoms with Gasteiger partial charge in [-0.2, -0.15) is 0 Å². The highest BCUT2D eigenvalue weighted by atomic mass is 16.5. The number of carbonyl (C=O) groups excluding carboxylic acids is 2. The van der Waals surface area contributed by atoms with Gasteiger partial charge in [-0.15, -0.1) is 0 Å². The lowest BCUT2D eigenvalue weighted by Gasteiger charge is -2.16. The number of carbonyl (C=O) groups is 2. The quantitative estimate of drug-likeness (QED) is 0.464. The predicted octanol–water partition coefficient (Wildman–Crippen LogP) is 4.87. The lowest BCUT2D eigenvalue weighted by atomic mass is 9.97. The van der Waals surface area contributed by atoms with E-state index in [1.165, 1.54) is 10.5 Å². The fourth-order valence-electron chi connectivity index (χ4n) is 3.75. The van der Waals surface area contributed by atoms with E-state index in [1.54, 1.807) is 0 Å². The fourth-order valence-corrected chi connectivity index (χ4v) is 3.75. The van der Waals surface area contributed by atoms with Gasteiger partial charge in [-0.1, -0.05) is 42.8 Å². The molecule has 1 aliphatic rings. The summed E-state index contributed by atoms with van der Waals surface area (Å²) in [6, 6.07) is 13.9. The Kier molecular flexibility index (Phi) is 7.29. The molecule has 0 aromatic heterocycles. The van der Waals surface area contributed by atoms with Crippen molar-refractivity contribution in [2.45, 2.75) is 53.6 Å². The smallest absolute Gasteiger partial charge is 0.278 e. The van der Waals surface area contributed by atoms with Gasteiger partial charge in [0.25, 0.3) is 11.8 Å². The maximum Gasteiger partial charge on any atom is 0.278 e. The van der Waals surface area contributed by atoms with E-state index in [-0.39, 0.29) is 17.9 Å². The molecule has 0 fully saturated rings. The summed E-state index contributed by atoms with van der Waals surface area (Å²) in [5, 5.41) is 3.24. The van der Waals surface area contributed by atoms with Crippen molar-refractivity contribution in [3.8, 4) is 0 Å². The Morgan fingerprint density at radius 1 is 1.00 bits per heavy atom. The Labute approximate surface area is 185 Å². The first-order valence-corrected chi connectivity index (χ1v) is 11.0. The molecule has 0 unspecified atom stereocenters. The van der Waals surface area contributed by atoms with Crippen LogP contribution in [0.15, 0.2) is 48.2 Å². The topological polar surface area (TPSA) is 58.6 Å². The molecule has 0 bridgehead atoms. The number of benzene rings is 2. The van der Waals surface area contributed by atoms with Gasteiger partial charge < -0.3 is 10.1 Å². The van der Waals surface area contributed by atoms with Gasteiger partial charge in [0.15, 0.2) is 0 Å². The highest BCUT2D eigenvalue weighted by Gasteiger charge is 2.39. The summed E-state index contributed by atoms with van der Waals surface area (Å²) in [5.41, 5.74) is 5.67. The van der Waals surface area contributed by atoms with E-state index in [0.29, 0.717) is 30.8 Å². The molecule has 164 valence electrons. The summed E-state index contributed by atoms with van der Waals surface area (Å²) in [4.78, 5) is 28.0. The van der Waals surface area contributed by atoms with Crippen LogP contribution in [0.2, 0.25) is 0 Å². The number of nitrogens with one attached hydrogen (secondary N) is 1. The second-order valence-electron chi connectivity index (χ2n) is 8.28. The molecule has 0 aliphatic carbocycles. The number of nitrogens with zero attached hydrogens (tertiary/aromatic N) is 1. The molecule has 5 heteroatoms. The number of aryl methyl sites for hydroxylation is 3. The molecule has 0 spiro atoms. The zero-order valence-electron chi connectivity index (χ0n) is 19.1. The molecular formula is C26H32N2O3. The van der Waals surface area contributed by atoms with Crippen LogP contribution in [0.1, 0.15) is 49.4 Å². The minimum Gasteiger partial charge on any atom is -0.379 e. The third kappa shape index (κ3) is 5.23. The van der Waals surface area contributed by atoms with Crippen LogP contribution in [-0.2, 0) is 20.7 Å². The molecule has 0 radical (unpaired) electrons. The predicted molar refractivity (Wildman–Crippen MR) is 125 cm³/mol. The van der Waals surface area contributed by atoms with Crippen molar-refractivity contribution in [2.24, 2.45) is 0 Å². The summed E-state index contributed by atoms with van der Waals surface area (Å²) in [7, 11) is 0. The number of imide groups is 1. The molecule has 0 saturated heterocycles. The van der Waals surface area contributed by atoms with Crippen LogP contribution < -0.4 is 5.32 Å². The van der Waals surface area contributed by atoms with E-state index < -0.39 is 0 Å². The standard InChI is InChI=1S/C26H32N2O3/c1-6-20-9-11-21(12-10-20)27-24-23(22-13-8-18(4)16-19(22)5)25(29)28(26(24)30)14-7-15-31-17(2)3/h8-13,16-17,27H,6-7,14-15H2,1-5H3. The summed E-state index contributed by atoms with van der Waals surface area (Å²) < 4.78 is 5.58. The van der Waals surface area contributed by atoms with Crippen molar-refractivity contribution in [3.63, 3.8) is 0 Å². The third-order valence-corrected chi connectivity index (χ3v) is 5.43. The maximum absolute atomic E-state index is 13.3. The lowest BCUT2D eigenvalue weighted by Crippen LogP contribution is -2.34. The van der Waals surface area contributed by atoms with Crippen molar-refractivity contribution >= 4 is 23.1 Å². The van der Waals surface area contributed by atoms with Gasteiger partial charge in [-0.05, 0) is 69.4 Å². The van der Waals surface area contributed by atoms with E-state index in [1.807, 2.05) is 70.2 Å². The van der Waals surface area contributed by atoms with Crippen LogP contribution in [0.3, 0.4) is 0 Å². The SMILES string of the molecule is CCc1ccc(NC2=C(c3ccc(C)cc3C)C(=O)N(CCCOC(C)C)C2=O)cc1.